The van der Waals surface area contributed by atoms with Gasteiger partial charge in [-0.15, -0.1) is 0 Å². The Morgan fingerprint density at radius 2 is 2.17 bits per heavy atom. The molecule has 4 heteroatoms. The summed E-state index contributed by atoms with van der Waals surface area (Å²) in [6.07, 6.45) is 0.278. The maximum Gasteiger partial charge on any atom is 0.414 e. The summed E-state index contributed by atoms with van der Waals surface area (Å²) in [6.45, 7) is 6.79. The lowest BCUT2D eigenvalue weighted by molar-refractivity contribution is 0.114. The van der Waals surface area contributed by atoms with Crippen LogP contribution in [0, 0.1) is 11.2 Å². The van der Waals surface area contributed by atoms with Crippen LogP contribution in [0.5, 0.6) is 0 Å². The zero-order valence-electron chi connectivity index (χ0n) is 10.9. The number of nitrogens with zero attached hydrogens (tertiary/aromatic N) is 1. The van der Waals surface area contributed by atoms with Gasteiger partial charge in [0.2, 0.25) is 0 Å². The maximum atomic E-state index is 13.1. The van der Waals surface area contributed by atoms with Crippen LogP contribution in [0.4, 0.5) is 14.9 Å². The van der Waals surface area contributed by atoms with E-state index in [1.54, 1.807) is 12.1 Å². The monoisotopic (exact) mass is 251 g/mol. The molecule has 3 nitrogen and oxygen atoms in total. The molecule has 1 aliphatic rings. The van der Waals surface area contributed by atoms with Crippen LogP contribution in [0.25, 0.3) is 0 Å². The standard InChI is InChI=1S/C14H18FNO2/c1-14(2,3)8-12-9-16(13(17)18-12)11-6-4-5-10(15)7-11/h4-7,12H,8-9H2,1-3H3. The van der Waals surface area contributed by atoms with Gasteiger partial charge in [-0.3, -0.25) is 4.90 Å². The highest BCUT2D eigenvalue weighted by Crippen LogP contribution is 2.29. The normalized spacial score (nSPS) is 20.1. The molecule has 1 fully saturated rings. The number of cyclic esters (lactones) is 1. The van der Waals surface area contributed by atoms with E-state index >= 15 is 0 Å². The number of carbonyl (C=O) groups excluding carboxylic acids is 1. The molecule has 0 radical (unpaired) electrons. The highest BCUT2D eigenvalue weighted by molar-refractivity contribution is 5.89. The molecule has 18 heavy (non-hydrogen) atoms. The van der Waals surface area contributed by atoms with Crippen molar-refractivity contribution in [2.75, 3.05) is 11.4 Å². The van der Waals surface area contributed by atoms with Crippen LogP contribution in [-0.4, -0.2) is 18.7 Å². The van der Waals surface area contributed by atoms with Gasteiger partial charge in [0.15, 0.2) is 0 Å². The predicted octanol–water partition coefficient (Wildman–Crippen LogP) is 3.59. The molecular weight excluding hydrogens is 233 g/mol. The van der Waals surface area contributed by atoms with Crippen LogP contribution < -0.4 is 4.90 Å². The molecule has 1 unspecified atom stereocenters. The van der Waals surface area contributed by atoms with Crippen molar-refractivity contribution in [3.8, 4) is 0 Å². The number of hydrogen-bond donors (Lipinski definition) is 0. The maximum absolute atomic E-state index is 13.1. The summed E-state index contributed by atoms with van der Waals surface area (Å²) in [6, 6.07) is 6.01. The Morgan fingerprint density at radius 1 is 1.44 bits per heavy atom. The third-order valence-electron chi connectivity index (χ3n) is 2.83. The summed E-state index contributed by atoms with van der Waals surface area (Å²) >= 11 is 0. The van der Waals surface area contributed by atoms with E-state index in [1.807, 2.05) is 0 Å². The Balaban J connectivity index is 2.10. The average Bonchev–Trinajstić information content (AvgIpc) is 2.56. The third kappa shape index (κ3) is 3.00. The first-order chi connectivity index (χ1) is 8.35. The number of rotatable bonds is 2. The van der Waals surface area contributed by atoms with Gasteiger partial charge < -0.3 is 4.74 Å². The molecule has 0 aromatic heterocycles. The van der Waals surface area contributed by atoms with Crippen LogP contribution in [-0.2, 0) is 4.74 Å². The van der Waals surface area contributed by atoms with Gasteiger partial charge in [0.05, 0.1) is 12.2 Å². The molecule has 0 N–H and O–H groups in total. The second-order valence-corrected chi connectivity index (χ2v) is 5.86. The second kappa shape index (κ2) is 4.59. The van der Waals surface area contributed by atoms with Crippen molar-refractivity contribution in [3.63, 3.8) is 0 Å². The Labute approximate surface area is 107 Å². The molecule has 0 saturated carbocycles. The van der Waals surface area contributed by atoms with Gasteiger partial charge in [0.25, 0.3) is 0 Å². The minimum absolute atomic E-state index is 0.100. The summed E-state index contributed by atoms with van der Waals surface area (Å²) in [4.78, 5) is 13.2. The quantitative estimate of drug-likeness (QED) is 0.804. The lowest BCUT2D eigenvalue weighted by atomic mass is 9.89. The highest BCUT2D eigenvalue weighted by Gasteiger charge is 2.34. The molecule has 0 bridgehead atoms. The van der Waals surface area contributed by atoms with Crippen molar-refractivity contribution < 1.29 is 13.9 Å². The van der Waals surface area contributed by atoms with Crippen LogP contribution in [0.2, 0.25) is 0 Å². The molecule has 2 rings (SSSR count). The van der Waals surface area contributed by atoms with Gasteiger partial charge in [-0.25, -0.2) is 9.18 Å². The second-order valence-electron chi connectivity index (χ2n) is 5.86. The summed E-state index contributed by atoms with van der Waals surface area (Å²) in [5.41, 5.74) is 0.652. The van der Waals surface area contributed by atoms with Gasteiger partial charge in [0.1, 0.15) is 11.9 Å². The Kier molecular flexibility index (Phi) is 3.28. The molecule has 1 saturated heterocycles. The van der Waals surface area contributed by atoms with Crippen LogP contribution >= 0.6 is 0 Å². The molecule has 1 aliphatic heterocycles. The van der Waals surface area contributed by atoms with Gasteiger partial charge >= 0.3 is 6.09 Å². The topological polar surface area (TPSA) is 29.5 Å². The number of benzene rings is 1. The van der Waals surface area contributed by atoms with Crippen molar-refractivity contribution in [1.82, 2.24) is 0 Å². The van der Waals surface area contributed by atoms with E-state index in [0.29, 0.717) is 12.2 Å². The summed E-state index contributed by atoms with van der Waals surface area (Å²) in [5.74, 6) is -0.348. The molecule has 0 spiro atoms. The number of halogens is 1. The average molecular weight is 251 g/mol. The van der Waals surface area contributed by atoms with Gasteiger partial charge in [-0.2, -0.15) is 0 Å². The molecule has 1 atom stereocenters. The molecule has 98 valence electrons. The first-order valence-corrected chi connectivity index (χ1v) is 6.09. The van der Waals surface area contributed by atoms with Crippen molar-refractivity contribution in [3.05, 3.63) is 30.1 Å². The Morgan fingerprint density at radius 3 is 2.78 bits per heavy atom. The van der Waals surface area contributed by atoms with Crippen LogP contribution in [0.3, 0.4) is 0 Å². The van der Waals surface area contributed by atoms with Crippen molar-refractivity contribution >= 4 is 11.8 Å². The Hall–Kier alpha value is -1.58. The van der Waals surface area contributed by atoms with Gasteiger partial charge in [-0.1, -0.05) is 26.8 Å². The smallest absolute Gasteiger partial charge is 0.414 e. The zero-order valence-corrected chi connectivity index (χ0v) is 10.9. The van der Waals surface area contributed by atoms with Crippen LogP contribution in [0.1, 0.15) is 27.2 Å². The SMILES string of the molecule is CC(C)(C)CC1CN(c2cccc(F)c2)C(=O)O1. The van der Waals surface area contributed by atoms with E-state index in [4.69, 9.17) is 4.74 Å². The number of carbonyl (C=O) groups is 1. The molecule has 1 aromatic carbocycles. The number of ether oxygens (including phenoxy) is 1. The number of hydrogen-bond acceptors (Lipinski definition) is 2. The van der Waals surface area contributed by atoms with E-state index in [0.717, 1.165) is 6.42 Å². The lowest BCUT2D eigenvalue weighted by Gasteiger charge is -2.21. The lowest BCUT2D eigenvalue weighted by Crippen LogP contribution is -2.26. The highest BCUT2D eigenvalue weighted by atomic mass is 19.1. The molecule has 0 aliphatic carbocycles. The van der Waals surface area contributed by atoms with E-state index in [2.05, 4.69) is 20.8 Å². The minimum atomic E-state index is -0.394. The van der Waals surface area contributed by atoms with E-state index < -0.39 is 6.09 Å². The summed E-state index contributed by atoms with van der Waals surface area (Å²) in [5, 5.41) is 0. The first kappa shape index (κ1) is 12.9. The zero-order chi connectivity index (χ0) is 13.3. The molecule has 1 aromatic rings. The van der Waals surface area contributed by atoms with Gasteiger partial charge in [0, 0.05) is 0 Å². The largest absolute Gasteiger partial charge is 0.444 e. The first-order valence-electron chi connectivity index (χ1n) is 6.09. The fourth-order valence-corrected chi connectivity index (χ4v) is 2.17. The van der Waals surface area contributed by atoms with E-state index in [1.165, 1.54) is 17.0 Å². The van der Waals surface area contributed by atoms with E-state index in [9.17, 15) is 9.18 Å². The van der Waals surface area contributed by atoms with Gasteiger partial charge in [-0.05, 0) is 30.0 Å². The van der Waals surface area contributed by atoms with Crippen molar-refractivity contribution in [2.45, 2.75) is 33.3 Å². The third-order valence-corrected chi connectivity index (χ3v) is 2.83. The molecule has 1 amide bonds. The fraction of sp³-hybridized carbons (Fsp3) is 0.500. The minimum Gasteiger partial charge on any atom is -0.444 e. The fourth-order valence-electron chi connectivity index (χ4n) is 2.17. The predicted molar refractivity (Wildman–Crippen MR) is 68.1 cm³/mol. The van der Waals surface area contributed by atoms with E-state index in [-0.39, 0.29) is 17.3 Å². The van der Waals surface area contributed by atoms with Crippen molar-refractivity contribution in [2.24, 2.45) is 5.41 Å². The summed E-state index contributed by atoms with van der Waals surface area (Å²) < 4.78 is 18.4. The molecular formula is C14H18FNO2. The number of amides is 1. The van der Waals surface area contributed by atoms with Crippen LogP contribution in [0.15, 0.2) is 24.3 Å². The molecule has 1 heterocycles. The number of anilines is 1. The summed E-state index contributed by atoms with van der Waals surface area (Å²) in [7, 11) is 0. The van der Waals surface area contributed by atoms with Crippen molar-refractivity contribution in [1.29, 1.82) is 0 Å². The Bertz CT molecular complexity index is 453.